The number of aliphatic hydroxyl groups is 2. The molecule has 0 aliphatic heterocycles. The van der Waals surface area contributed by atoms with E-state index in [1.165, 1.54) is 18.2 Å². The number of aliphatic hydroxyl groups excluding tert-OH is 2. The molecule has 0 saturated heterocycles. The molecule has 2 aromatic rings. The molecule has 6 nitrogen and oxygen atoms in total. The molecular formula is C31H44O6. The zero-order valence-electron chi connectivity index (χ0n) is 22.7. The Balaban J connectivity index is 2.09. The fraction of sp³-hybridized carbons (Fsp3) is 0.484. The average Bonchev–Trinajstić information content (AvgIpc) is 2.84. The van der Waals surface area contributed by atoms with Gasteiger partial charge in [0, 0.05) is 29.9 Å². The molecule has 6 N–H and O–H groups in total. The van der Waals surface area contributed by atoms with Crippen LogP contribution in [0.5, 0.6) is 23.0 Å². The van der Waals surface area contributed by atoms with E-state index >= 15 is 0 Å². The van der Waals surface area contributed by atoms with Crippen molar-refractivity contribution in [3.63, 3.8) is 0 Å². The number of aryl methyl sites for hydroxylation is 1. The number of benzene rings is 2. The van der Waals surface area contributed by atoms with Crippen molar-refractivity contribution < 1.29 is 30.6 Å². The maximum absolute atomic E-state index is 10.7. The van der Waals surface area contributed by atoms with Gasteiger partial charge in [0.05, 0.1) is 0 Å². The fourth-order valence-electron chi connectivity index (χ4n) is 4.08. The molecular weight excluding hydrogens is 468 g/mol. The first kappa shape index (κ1) is 30.3. The van der Waals surface area contributed by atoms with E-state index in [-0.39, 0.29) is 47.0 Å². The van der Waals surface area contributed by atoms with E-state index in [4.69, 9.17) is 0 Å². The molecule has 0 aromatic heterocycles. The second kappa shape index (κ2) is 13.5. The summed E-state index contributed by atoms with van der Waals surface area (Å²) < 4.78 is 0. The van der Waals surface area contributed by atoms with Crippen LogP contribution >= 0.6 is 0 Å². The zero-order valence-corrected chi connectivity index (χ0v) is 22.7. The minimum Gasteiger partial charge on any atom is -0.508 e. The van der Waals surface area contributed by atoms with Gasteiger partial charge in [0.2, 0.25) is 0 Å². The zero-order chi connectivity index (χ0) is 27.6. The molecule has 0 bridgehead atoms. The average molecular weight is 513 g/mol. The highest BCUT2D eigenvalue weighted by atomic mass is 16.3. The highest BCUT2D eigenvalue weighted by Gasteiger charge is 2.16. The first-order valence-electron chi connectivity index (χ1n) is 13.0. The summed E-state index contributed by atoms with van der Waals surface area (Å²) in [5, 5.41) is 60.6. The fourth-order valence-corrected chi connectivity index (χ4v) is 4.08. The Bertz CT molecular complexity index is 1080. The van der Waals surface area contributed by atoms with Crippen molar-refractivity contribution in [3.8, 4) is 23.0 Å². The standard InChI is InChI=1S/C31H44O6/c1-30(2,20-32)14-7-5-10-22-16-26(34)18-24(28(22)36)12-9-13-25-19-27(35)17-23(29(25)37)11-6-8-15-31(3,4)21-33/h5,9-10,13,16-19,32-37H,6-8,11-12,14-15,20-21H2,1-4H3. The Morgan fingerprint density at radius 3 is 1.76 bits per heavy atom. The Morgan fingerprint density at radius 1 is 0.649 bits per heavy atom. The quantitative estimate of drug-likeness (QED) is 0.130. The Labute approximate surface area is 221 Å². The van der Waals surface area contributed by atoms with Crippen molar-refractivity contribution in [1.82, 2.24) is 0 Å². The lowest BCUT2D eigenvalue weighted by Crippen LogP contribution is -2.16. The molecule has 0 radical (unpaired) electrons. The number of allylic oxidation sites excluding steroid dienone is 2. The summed E-state index contributed by atoms with van der Waals surface area (Å²) in [4.78, 5) is 0. The largest absolute Gasteiger partial charge is 0.508 e. The minimum absolute atomic E-state index is 0.0448. The van der Waals surface area contributed by atoms with Crippen LogP contribution in [0, 0.1) is 10.8 Å². The number of phenolic OH excluding ortho intramolecular Hbond substituents is 4. The lowest BCUT2D eigenvalue weighted by Gasteiger charge is -2.21. The Morgan fingerprint density at radius 2 is 1.16 bits per heavy atom. The number of hydrogen-bond donors (Lipinski definition) is 6. The van der Waals surface area contributed by atoms with Crippen molar-refractivity contribution in [1.29, 1.82) is 0 Å². The molecule has 0 spiro atoms. The topological polar surface area (TPSA) is 121 Å². The van der Waals surface area contributed by atoms with E-state index in [0.29, 0.717) is 35.1 Å². The van der Waals surface area contributed by atoms with Crippen LogP contribution < -0.4 is 0 Å². The SMILES string of the molecule is CC(C)(CO)CCC=Cc1cc(O)cc(CC=Cc2cc(O)cc(CCCCC(C)(C)CO)c2O)c1O. The van der Waals surface area contributed by atoms with Crippen molar-refractivity contribution in [3.05, 3.63) is 58.7 Å². The van der Waals surface area contributed by atoms with Crippen molar-refractivity contribution in [2.24, 2.45) is 10.8 Å². The summed E-state index contributed by atoms with van der Waals surface area (Å²) in [5.41, 5.74) is 1.90. The molecule has 0 unspecified atom stereocenters. The molecule has 2 aromatic carbocycles. The number of hydrogen-bond acceptors (Lipinski definition) is 6. The van der Waals surface area contributed by atoms with Gasteiger partial charge in [-0.25, -0.2) is 0 Å². The molecule has 0 atom stereocenters. The van der Waals surface area contributed by atoms with Crippen LogP contribution in [0.1, 0.15) is 82.1 Å². The molecule has 2 rings (SSSR count). The third-order valence-electron chi connectivity index (χ3n) is 6.73. The predicted molar refractivity (Wildman–Crippen MR) is 150 cm³/mol. The smallest absolute Gasteiger partial charge is 0.126 e. The molecule has 204 valence electrons. The summed E-state index contributed by atoms with van der Waals surface area (Å²) in [7, 11) is 0. The predicted octanol–water partition coefficient (Wildman–Crippen LogP) is 6.31. The lowest BCUT2D eigenvalue weighted by molar-refractivity contribution is 0.147. The second-order valence-electron chi connectivity index (χ2n) is 11.5. The third kappa shape index (κ3) is 9.78. The molecule has 37 heavy (non-hydrogen) atoms. The normalized spacial score (nSPS) is 12.7. The van der Waals surface area contributed by atoms with E-state index in [2.05, 4.69) is 0 Å². The number of rotatable bonds is 14. The molecule has 0 heterocycles. The number of unbranched alkanes of at least 4 members (excludes halogenated alkanes) is 1. The van der Waals surface area contributed by atoms with Crippen LogP contribution in [-0.2, 0) is 12.8 Å². The van der Waals surface area contributed by atoms with Gasteiger partial charge in [0.15, 0.2) is 0 Å². The Kier molecular flexibility index (Phi) is 11.1. The van der Waals surface area contributed by atoms with Gasteiger partial charge in [0.1, 0.15) is 23.0 Å². The molecule has 0 aliphatic carbocycles. The van der Waals surface area contributed by atoms with Crippen LogP contribution in [-0.4, -0.2) is 43.9 Å². The van der Waals surface area contributed by atoms with Crippen LogP contribution in [0.4, 0.5) is 0 Å². The maximum atomic E-state index is 10.7. The third-order valence-corrected chi connectivity index (χ3v) is 6.73. The summed E-state index contributed by atoms with van der Waals surface area (Å²) in [6.45, 7) is 8.26. The summed E-state index contributed by atoms with van der Waals surface area (Å²) >= 11 is 0. The molecule has 6 heteroatoms. The molecule has 0 aliphatic rings. The van der Waals surface area contributed by atoms with Crippen LogP contribution in [0.2, 0.25) is 0 Å². The van der Waals surface area contributed by atoms with Gasteiger partial charge >= 0.3 is 0 Å². The van der Waals surface area contributed by atoms with Crippen LogP contribution in [0.25, 0.3) is 12.2 Å². The van der Waals surface area contributed by atoms with Gasteiger partial charge in [-0.15, -0.1) is 0 Å². The summed E-state index contributed by atoms with van der Waals surface area (Å²) in [6.07, 6.45) is 12.2. The number of aromatic hydroxyl groups is 4. The van der Waals surface area contributed by atoms with Gasteiger partial charge in [-0.2, -0.15) is 0 Å². The monoisotopic (exact) mass is 512 g/mol. The minimum atomic E-state index is -0.171. The summed E-state index contributed by atoms with van der Waals surface area (Å²) in [6, 6.07) is 6.08. The lowest BCUT2D eigenvalue weighted by atomic mass is 9.87. The summed E-state index contributed by atoms with van der Waals surface area (Å²) in [5.74, 6) is 0.306. The molecule has 0 amide bonds. The van der Waals surface area contributed by atoms with E-state index < -0.39 is 0 Å². The highest BCUT2D eigenvalue weighted by Crippen LogP contribution is 2.33. The first-order valence-corrected chi connectivity index (χ1v) is 13.0. The van der Waals surface area contributed by atoms with Crippen molar-refractivity contribution in [2.75, 3.05) is 13.2 Å². The van der Waals surface area contributed by atoms with Gasteiger partial charge in [-0.05, 0) is 79.2 Å². The maximum Gasteiger partial charge on any atom is 0.126 e. The van der Waals surface area contributed by atoms with Crippen molar-refractivity contribution in [2.45, 2.75) is 72.6 Å². The molecule has 0 saturated carbocycles. The second-order valence-corrected chi connectivity index (χ2v) is 11.5. The van der Waals surface area contributed by atoms with Gasteiger partial charge in [-0.3, -0.25) is 0 Å². The Hall–Kier alpha value is -2.96. The van der Waals surface area contributed by atoms with Crippen molar-refractivity contribution >= 4 is 12.2 Å². The van der Waals surface area contributed by atoms with E-state index in [9.17, 15) is 30.6 Å². The molecule has 0 fully saturated rings. The van der Waals surface area contributed by atoms with Crippen LogP contribution in [0.15, 0.2) is 36.4 Å². The van der Waals surface area contributed by atoms with E-state index in [0.717, 1.165) is 32.1 Å². The van der Waals surface area contributed by atoms with Gasteiger partial charge in [0.25, 0.3) is 0 Å². The highest BCUT2D eigenvalue weighted by molar-refractivity contribution is 5.64. The first-order chi connectivity index (χ1) is 17.4. The number of phenols is 4. The van der Waals surface area contributed by atoms with E-state index in [1.807, 2.05) is 33.8 Å². The van der Waals surface area contributed by atoms with Gasteiger partial charge < -0.3 is 30.6 Å². The van der Waals surface area contributed by atoms with Crippen LogP contribution in [0.3, 0.4) is 0 Å². The van der Waals surface area contributed by atoms with E-state index in [1.54, 1.807) is 24.3 Å². The van der Waals surface area contributed by atoms with Gasteiger partial charge in [-0.1, -0.05) is 58.4 Å².